The number of benzene rings is 2. The number of rotatable bonds is 3. The maximum Gasteiger partial charge on any atom is 0.490 e. The van der Waals surface area contributed by atoms with Crippen LogP contribution in [-0.2, 0) is 16.1 Å². The highest BCUT2D eigenvalue weighted by atomic mass is 19.4. The minimum Gasteiger partial charge on any atom is -0.454 e. The van der Waals surface area contributed by atoms with Crippen LogP contribution in [0.3, 0.4) is 0 Å². The average Bonchev–Trinajstić information content (AvgIpc) is 2.45. The second-order valence-corrected chi connectivity index (χ2v) is 4.10. The Morgan fingerprint density at radius 1 is 0.950 bits per heavy atom. The topological polar surface area (TPSA) is 26.3 Å². The first-order chi connectivity index (χ1) is 9.48. The van der Waals surface area contributed by atoms with Crippen LogP contribution in [-0.4, -0.2) is 12.1 Å². The first-order valence-corrected chi connectivity index (χ1v) is 5.86. The molecule has 2 rings (SSSR count). The summed E-state index contributed by atoms with van der Waals surface area (Å²) in [5.74, 6) is -2.18. The third-order valence-electron chi connectivity index (χ3n) is 2.69. The Bertz CT molecular complexity index is 592. The normalized spacial score (nSPS) is 11.2. The minimum atomic E-state index is -4.97. The van der Waals surface area contributed by atoms with Gasteiger partial charge in [-0.2, -0.15) is 13.2 Å². The molecule has 0 bridgehead atoms. The molecule has 0 heterocycles. The van der Waals surface area contributed by atoms with Crippen molar-refractivity contribution < 1.29 is 22.7 Å². The predicted octanol–water partition coefficient (Wildman–Crippen LogP) is 3.96. The zero-order valence-corrected chi connectivity index (χ0v) is 10.4. The number of ether oxygens (including phenoxy) is 1. The first-order valence-electron chi connectivity index (χ1n) is 5.86. The van der Waals surface area contributed by atoms with E-state index in [4.69, 9.17) is 0 Å². The van der Waals surface area contributed by atoms with Gasteiger partial charge in [0.05, 0.1) is 0 Å². The van der Waals surface area contributed by atoms with E-state index in [0.717, 1.165) is 11.1 Å². The van der Waals surface area contributed by atoms with Crippen molar-refractivity contribution in [3.63, 3.8) is 0 Å². The van der Waals surface area contributed by atoms with E-state index >= 15 is 0 Å². The van der Waals surface area contributed by atoms with Crippen LogP contribution in [0.25, 0.3) is 11.1 Å². The van der Waals surface area contributed by atoms with Gasteiger partial charge in [-0.25, -0.2) is 4.79 Å². The lowest BCUT2D eigenvalue weighted by atomic mass is 10.0. The number of hydrogen-bond donors (Lipinski definition) is 0. The van der Waals surface area contributed by atoms with Crippen molar-refractivity contribution in [1.29, 1.82) is 0 Å². The highest BCUT2D eigenvalue weighted by Crippen LogP contribution is 2.25. The summed E-state index contributed by atoms with van der Waals surface area (Å²) in [6.07, 6.45) is -4.97. The van der Waals surface area contributed by atoms with Crippen LogP contribution in [0.2, 0.25) is 0 Å². The van der Waals surface area contributed by atoms with Crippen LogP contribution in [0, 0.1) is 0 Å². The highest BCUT2D eigenvalue weighted by molar-refractivity contribution is 5.76. The van der Waals surface area contributed by atoms with Gasteiger partial charge in [-0.15, -0.1) is 0 Å². The molecule has 0 radical (unpaired) electrons. The van der Waals surface area contributed by atoms with E-state index in [0.29, 0.717) is 5.56 Å². The van der Waals surface area contributed by atoms with Gasteiger partial charge in [-0.1, -0.05) is 54.6 Å². The first kappa shape index (κ1) is 14.1. The Labute approximate surface area is 113 Å². The van der Waals surface area contributed by atoms with Crippen molar-refractivity contribution in [2.24, 2.45) is 0 Å². The van der Waals surface area contributed by atoms with Crippen LogP contribution >= 0.6 is 0 Å². The largest absolute Gasteiger partial charge is 0.490 e. The molecule has 0 unspecified atom stereocenters. The third kappa shape index (κ3) is 3.38. The van der Waals surface area contributed by atoms with Gasteiger partial charge < -0.3 is 4.74 Å². The zero-order chi connectivity index (χ0) is 14.6. The molecule has 0 saturated heterocycles. The zero-order valence-electron chi connectivity index (χ0n) is 10.4. The van der Waals surface area contributed by atoms with Crippen molar-refractivity contribution in [2.45, 2.75) is 12.8 Å². The maximum atomic E-state index is 12.1. The van der Waals surface area contributed by atoms with Crippen LogP contribution in [0.15, 0.2) is 54.6 Å². The molecule has 0 fully saturated rings. The molecule has 2 nitrogen and oxygen atoms in total. The van der Waals surface area contributed by atoms with Crippen molar-refractivity contribution in [3.05, 3.63) is 60.2 Å². The molecule has 0 amide bonds. The lowest BCUT2D eigenvalue weighted by Crippen LogP contribution is -2.25. The van der Waals surface area contributed by atoms with E-state index in [2.05, 4.69) is 4.74 Å². The summed E-state index contributed by atoms with van der Waals surface area (Å²) in [6, 6.07) is 16.0. The summed E-state index contributed by atoms with van der Waals surface area (Å²) in [5, 5.41) is 0. The Morgan fingerprint density at radius 2 is 1.55 bits per heavy atom. The smallest absolute Gasteiger partial charge is 0.454 e. The molecule has 0 atom stereocenters. The van der Waals surface area contributed by atoms with E-state index in [-0.39, 0.29) is 0 Å². The lowest BCUT2D eigenvalue weighted by Gasteiger charge is -2.11. The molecule has 0 N–H and O–H groups in total. The number of hydrogen-bond acceptors (Lipinski definition) is 2. The Balaban J connectivity index is 2.20. The van der Waals surface area contributed by atoms with E-state index in [1.807, 2.05) is 30.3 Å². The van der Waals surface area contributed by atoms with Gasteiger partial charge in [0.15, 0.2) is 0 Å². The highest BCUT2D eigenvalue weighted by Gasteiger charge is 2.40. The SMILES string of the molecule is O=C(OCc1ccccc1-c1ccccc1)C(F)(F)F. The van der Waals surface area contributed by atoms with E-state index < -0.39 is 18.8 Å². The van der Waals surface area contributed by atoms with Crippen molar-refractivity contribution in [3.8, 4) is 11.1 Å². The summed E-state index contributed by atoms with van der Waals surface area (Å²) in [6.45, 7) is -0.413. The number of carbonyl (C=O) groups excluding carboxylic acids is 1. The quantitative estimate of drug-likeness (QED) is 0.795. The summed E-state index contributed by atoms with van der Waals surface area (Å²) in [7, 11) is 0. The van der Waals surface area contributed by atoms with E-state index in [1.165, 1.54) is 0 Å². The Kier molecular flexibility index (Phi) is 4.08. The van der Waals surface area contributed by atoms with Crippen LogP contribution in [0.5, 0.6) is 0 Å². The molecular weight excluding hydrogens is 269 g/mol. The van der Waals surface area contributed by atoms with Gasteiger partial charge in [-0.3, -0.25) is 0 Å². The fraction of sp³-hybridized carbons (Fsp3) is 0.133. The summed E-state index contributed by atoms with van der Waals surface area (Å²) < 4.78 is 40.6. The van der Waals surface area contributed by atoms with Crippen molar-refractivity contribution >= 4 is 5.97 Å². The maximum absolute atomic E-state index is 12.1. The standard InChI is InChI=1S/C15H11F3O2/c16-15(17,18)14(19)20-10-12-8-4-5-9-13(12)11-6-2-1-3-7-11/h1-9H,10H2. The molecule has 2 aromatic carbocycles. The second-order valence-electron chi connectivity index (χ2n) is 4.10. The average molecular weight is 280 g/mol. The molecular formula is C15H11F3O2. The van der Waals surface area contributed by atoms with Crippen LogP contribution < -0.4 is 0 Å². The second kappa shape index (κ2) is 5.77. The number of halogens is 3. The summed E-state index contributed by atoms with van der Waals surface area (Å²) >= 11 is 0. The van der Waals surface area contributed by atoms with E-state index in [9.17, 15) is 18.0 Å². The van der Waals surface area contributed by atoms with Gasteiger partial charge in [0.2, 0.25) is 0 Å². The fourth-order valence-electron chi connectivity index (χ4n) is 1.77. The van der Waals surface area contributed by atoms with Gasteiger partial charge >= 0.3 is 12.1 Å². The Hall–Kier alpha value is -2.30. The molecule has 2 aromatic rings. The van der Waals surface area contributed by atoms with E-state index in [1.54, 1.807) is 24.3 Å². The number of carbonyl (C=O) groups is 1. The fourth-order valence-corrected chi connectivity index (χ4v) is 1.77. The van der Waals surface area contributed by atoms with Gasteiger partial charge in [0.25, 0.3) is 0 Å². The minimum absolute atomic E-state index is 0.413. The molecule has 0 saturated carbocycles. The molecule has 0 aliphatic rings. The predicted molar refractivity (Wildman–Crippen MR) is 67.7 cm³/mol. The molecule has 104 valence electrons. The van der Waals surface area contributed by atoms with Crippen molar-refractivity contribution in [2.75, 3.05) is 0 Å². The molecule has 0 aliphatic heterocycles. The molecule has 20 heavy (non-hydrogen) atoms. The summed E-state index contributed by atoms with van der Waals surface area (Å²) in [4.78, 5) is 10.7. The van der Waals surface area contributed by atoms with Crippen LogP contribution in [0.4, 0.5) is 13.2 Å². The molecule has 0 aliphatic carbocycles. The number of esters is 1. The number of alkyl halides is 3. The molecule has 5 heteroatoms. The lowest BCUT2D eigenvalue weighted by molar-refractivity contribution is -0.201. The molecule has 0 spiro atoms. The monoisotopic (exact) mass is 280 g/mol. The Morgan fingerprint density at radius 3 is 2.20 bits per heavy atom. The van der Waals surface area contributed by atoms with Crippen LogP contribution in [0.1, 0.15) is 5.56 Å². The van der Waals surface area contributed by atoms with Gasteiger partial charge in [0.1, 0.15) is 6.61 Å². The van der Waals surface area contributed by atoms with Gasteiger partial charge in [0, 0.05) is 0 Å². The molecule has 0 aromatic heterocycles. The van der Waals surface area contributed by atoms with Gasteiger partial charge in [-0.05, 0) is 16.7 Å². The van der Waals surface area contributed by atoms with Crippen molar-refractivity contribution in [1.82, 2.24) is 0 Å². The summed E-state index contributed by atoms with van der Waals surface area (Å²) in [5.41, 5.74) is 2.12. The third-order valence-corrected chi connectivity index (χ3v) is 2.69.